The van der Waals surface area contributed by atoms with Crippen molar-refractivity contribution in [1.29, 1.82) is 5.26 Å². The van der Waals surface area contributed by atoms with E-state index in [9.17, 15) is 9.59 Å². The Hall–Kier alpha value is -2.46. The van der Waals surface area contributed by atoms with E-state index >= 15 is 0 Å². The minimum Gasteiger partial charge on any atom is -0.385 e. The van der Waals surface area contributed by atoms with Crippen LogP contribution >= 0.6 is 0 Å². The lowest BCUT2D eigenvalue weighted by atomic mass is 9.83. The summed E-state index contributed by atoms with van der Waals surface area (Å²) in [5.74, 6) is 0.487. The summed E-state index contributed by atoms with van der Waals surface area (Å²) in [5, 5.41) is 8.82. The quantitative estimate of drug-likeness (QED) is 0.745. The summed E-state index contributed by atoms with van der Waals surface area (Å²) in [7, 11) is 1.67. The van der Waals surface area contributed by atoms with Gasteiger partial charge in [-0.3, -0.25) is 9.59 Å². The number of nitriles is 1. The molecule has 0 aromatic carbocycles. The van der Waals surface area contributed by atoms with Crippen LogP contribution in [0.2, 0.25) is 0 Å². The highest BCUT2D eigenvalue weighted by molar-refractivity contribution is 5.94. The number of fused-ring (bicyclic) bond motifs is 1. The average molecular weight is 356 g/mol. The van der Waals surface area contributed by atoms with Gasteiger partial charge >= 0.3 is 0 Å². The van der Waals surface area contributed by atoms with Crippen LogP contribution in [0.1, 0.15) is 41.7 Å². The van der Waals surface area contributed by atoms with E-state index < -0.39 is 0 Å². The molecule has 7 nitrogen and oxygen atoms in total. The third-order valence-electron chi connectivity index (χ3n) is 5.30. The first kappa shape index (κ1) is 18.3. The van der Waals surface area contributed by atoms with Crippen LogP contribution in [0.3, 0.4) is 0 Å². The number of piperidine rings is 2. The van der Waals surface area contributed by atoms with Gasteiger partial charge in [-0.2, -0.15) is 5.26 Å². The fourth-order valence-corrected chi connectivity index (χ4v) is 3.97. The van der Waals surface area contributed by atoms with Crippen molar-refractivity contribution in [2.75, 3.05) is 33.4 Å². The fourth-order valence-electron chi connectivity index (χ4n) is 3.97. The number of carbonyl (C=O) groups is 2. The molecule has 2 fully saturated rings. The summed E-state index contributed by atoms with van der Waals surface area (Å²) in [6.45, 7) is 2.67. The maximum atomic E-state index is 12.7. The van der Waals surface area contributed by atoms with E-state index in [1.807, 2.05) is 15.9 Å². The Labute approximate surface area is 153 Å². The standard InChI is InChI=1S/C19H24N4O3/c1-26-10-2-8-23-17-7-9-22(13-15(17)4-6-18(23)24)19(25)14-3-5-16(11-20)21-12-14/h3,5,12,15,17H,2,4,6-10,13H2,1H3. The van der Waals surface area contributed by atoms with Crippen molar-refractivity contribution in [3.63, 3.8) is 0 Å². The van der Waals surface area contributed by atoms with Gasteiger partial charge in [-0.1, -0.05) is 0 Å². The molecule has 0 radical (unpaired) electrons. The number of carbonyl (C=O) groups excluding carboxylic acids is 2. The molecule has 3 heterocycles. The van der Waals surface area contributed by atoms with Crippen LogP contribution in [-0.4, -0.2) is 66.0 Å². The molecule has 1 aromatic heterocycles. The van der Waals surface area contributed by atoms with Gasteiger partial charge in [0.1, 0.15) is 11.8 Å². The fraction of sp³-hybridized carbons (Fsp3) is 0.579. The number of amides is 2. The number of nitrogens with zero attached hydrogens (tertiary/aromatic N) is 4. The van der Waals surface area contributed by atoms with E-state index in [1.165, 1.54) is 6.20 Å². The average Bonchev–Trinajstić information content (AvgIpc) is 2.69. The van der Waals surface area contributed by atoms with Crippen molar-refractivity contribution in [2.24, 2.45) is 5.92 Å². The second-order valence-corrected chi connectivity index (χ2v) is 6.88. The zero-order valence-corrected chi connectivity index (χ0v) is 15.1. The molecule has 0 aliphatic carbocycles. The van der Waals surface area contributed by atoms with Gasteiger partial charge in [0, 0.05) is 52.0 Å². The molecule has 0 bridgehead atoms. The van der Waals surface area contributed by atoms with Gasteiger partial charge < -0.3 is 14.5 Å². The van der Waals surface area contributed by atoms with Crippen LogP contribution in [0.15, 0.2) is 18.3 Å². The van der Waals surface area contributed by atoms with Crippen LogP contribution < -0.4 is 0 Å². The molecule has 2 saturated heterocycles. The van der Waals surface area contributed by atoms with E-state index in [4.69, 9.17) is 10.00 Å². The number of methoxy groups -OCH3 is 1. The first-order chi connectivity index (χ1) is 12.6. The van der Waals surface area contributed by atoms with Gasteiger partial charge in [0.15, 0.2) is 0 Å². The summed E-state index contributed by atoms with van der Waals surface area (Å²) in [6, 6.07) is 5.40. The number of pyridine rings is 1. The largest absolute Gasteiger partial charge is 0.385 e. The molecule has 7 heteroatoms. The zero-order valence-electron chi connectivity index (χ0n) is 15.1. The van der Waals surface area contributed by atoms with Crippen molar-refractivity contribution in [3.8, 4) is 6.07 Å². The predicted molar refractivity (Wildman–Crippen MR) is 94.2 cm³/mol. The normalized spacial score (nSPS) is 22.7. The van der Waals surface area contributed by atoms with E-state index in [1.54, 1.807) is 19.2 Å². The van der Waals surface area contributed by atoms with Crippen LogP contribution in [-0.2, 0) is 9.53 Å². The Balaban J connectivity index is 1.64. The molecule has 2 aliphatic rings. The Morgan fingerprint density at radius 3 is 2.96 bits per heavy atom. The third kappa shape index (κ3) is 3.86. The van der Waals surface area contributed by atoms with Crippen molar-refractivity contribution in [3.05, 3.63) is 29.6 Å². The molecule has 2 atom stereocenters. The number of hydrogen-bond acceptors (Lipinski definition) is 5. The van der Waals surface area contributed by atoms with Crippen molar-refractivity contribution < 1.29 is 14.3 Å². The van der Waals surface area contributed by atoms with Crippen LogP contribution in [0.5, 0.6) is 0 Å². The van der Waals surface area contributed by atoms with Gasteiger partial charge in [-0.05, 0) is 37.3 Å². The maximum Gasteiger partial charge on any atom is 0.255 e. The predicted octanol–water partition coefficient (Wildman–Crippen LogP) is 1.44. The highest BCUT2D eigenvalue weighted by atomic mass is 16.5. The molecule has 3 rings (SSSR count). The monoisotopic (exact) mass is 356 g/mol. The number of ether oxygens (including phenoxy) is 1. The second-order valence-electron chi connectivity index (χ2n) is 6.88. The molecule has 0 saturated carbocycles. The molecular weight excluding hydrogens is 332 g/mol. The van der Waals surface area contributed by atoms with Gasteiger partial charge in [-0.25, -0.2) is 4.98 Å². The minimum absolute atomic E-state index is 0.0525. The lowest BCUT2D eigenvalue weighted by Gasteiger charge is -2.47. The van der Waals surface area contributed by atoms with E-state index in [-0.39, 0.29) is 17.9 Å². The molecular formula is C19H24N4O3. The second kappa shape index (κ2) is 8.28. The first-order valence-corrected chi connectivity index (χ1v) is 9.08. The summed E-state index contributed by atoms with van der Waals surface area (Å²) in [4.78, 5) is 32.9. The van der Waals surface area contributed by atoms with Gasteiger partial charge in [0.05, 0.1) is 5.56 Å². The summed E-state index contributed by atoms with van der Waals surface area (Å²) >= 11 is 0. The Bertz CT molecular complexity index is 698. The molecule has 26 heavy (non-hydrogen) atoms. The number of likely N-dealkylation sites (tertiary alicyclic amines) is 2. The number of aromatic nitrogens is 1. The molecule has 2 unspecified atom stereocenters. The molecule has 138 valence electrons. The molecule has 1 aromatic rings. The van der Waals surface area contributed by atoms with Crippen molar-refractivity contribution >= 4 is 11.8 Å². The smallest absolute Gasteiger partial charge is 0.255 e. The Morgan fingerprint density at radius 1 is 1.42 bits per heavy atom. The van der Waals surface area contributed by atoms with Gasteiger partial charge in [0.25, 0.3) is 5.91 Å². The van der Waals surface area contributed by atoms with Crippen LogP contribution in [0.25, 0.3) is 0 Å². The SMILES string of the molecule is COCCCN1C(=O)CCC2CN(C(=O)c3ccc(C#N)nc3)CCC21. The highest BCUT2D eigenvalue weighted by Crippen LogP contribution is 2.32. The summed E-state index contributed by atoms with van der Waals surface area (Å²) in [5.41, 5.74) is 0.809. The van der Waals surface area contributed by atoms with Crippen molar-refractivity contribution in [2.45, 2.75) is 31.7 Å². The highest BCUT2D eigenvalue weighted by Gasteiger charge is 2.40. The molecule has 2 aliphatic heterocycles. The Kier molecular flexibility index (Phi) is 5.84. The number of rotatable bonds is 5. The van der Waals surface area contributed by atoms with Crippen LogP contribution in [0, 0.1) is 17.2 Å². The van der Waals surface area contributed by atoms with E-state index in [2.05, 4.69) is 4.98 Å². The minimum atomic E-state index is -0.0525. The summed E-state index contributed by atoms with van der Waals surface area (Å²) in [6.07, 6.45) is 4.49. The van der Waals surface area contributed by atoms with E-state index in [0.717, 1.165) is 25.8 Å². The molecule has 0 N–H and O–H groups in total. The number of hydrogen-bond donors (Lipinski definition) is 0. The lowest BCUT2D eigenvalue weighted by Crippen LogP contribution is -2.57. The lowest BCUT2D eigenvalue weighted by molar-refractivity contribution is -0.140. The van der Waals surface area contributed by atoms with Crippen molar-refractivity contribution in [1.82, 2.24) is 14.8 Å². The third-order valence-corrected chi connectivity index (χ3v) is 5.30. The zero-order chi connectivity index (χ0) is 18.5. The first-order valence-electron chi connectivity index (χ1n) is 9.08. The van der Waals surface area contributed by atoms with E-state index in [0.29, 0.717) is 43.3 Å². The maximum absolute atomic E-state index is 12.7. The molecule has 2 amide bonds. The topological polar surface area (TPSA) is 86.5 Å². The summed E-state index contributed by atoms with van der Waals surface area (Å²) < 4.78 is 5.10. The van der Waals surface area contributed by atoms with Gasteiger partial charge in [-0.15, -0.1) is 0 Å². The molecule has 0 spiro atoms. The van der Waals surface area contributed by atoms with Crippen LogP contribution in [0.4, 0.5) is 0 Å². The Morgan fingerprint density at radius 2 is 2.27 bits per heavy atom. The van der Waals surface area contributed by atoms with Gasteiger partial charge in [0.2, 0.25) is 5.91 Å².